The van der Waals surface area contributed by atoms with Crippen molar-refractivity contribution >= 4 is 11.9 Å². The molecule has 4 nitrogen and oxygen atoms in total. The predicted octanol–water partition coefficient (Wildman–Crippen LogP) is 0.246. The fraction of sp³-hybridized carbons (Fsp3) is 0.333. The summed E-state index contributed by atoms with van der Waals surface area (Å²) in [5, 5.41) is 16.6. The zero-order chi connectivity index (χ0) is 7.72. The Balaban J connectivity index is 2.91. The van der Waals surface area contributed by atoms with Crippen molar-refractivity contribution in [1.29, 1.82) is 0 Å². The lowest BCUT2D eigenvalue weighted by Crippen LogP contribution is -2.11. The number of allylic oxidation sites excluding steroid dienone is 1. The van der Waals surface area contributed by atoms with Crippen molar-refractivity contribution in [2.45, 2.75) is 12.8 Å². The molecule has 1 rings (SSSR count). The summed E-state index contributed by atoms with van der Waals surface area (Å²) in [6.45, 7) is 0. The van der Waals surface area contributed by atoms with Crippen molar-refractivity contribution in [3.05, 3.63) is 11.1 Å². The lowest BCUT2D eigenvalue weighted by atomic mass is 10.2. The largest absolute Gasteiger partial charge is 0.477 e. The van der Waals surface area contributed by atoms with Gasteiger partial charge >= 0.3 is 11.9 Å². The quantitative estimate of drug-likeness (QED) is 0.329. The van der Waals surface area contributed by atoms with E-state index in [-0.39, 0.29) is 0 Å². The van der Waals surface area contributed by atoms with Crippen LogP contribution in [0, 0.1) is 0 Å². The molecule has 0 heterocycles. The average molecular weight is 142 g/mol. The molecule has 1 aliphatic rings. The molecule has 0 aromatic rings. The van der Waals surface area contributed by atoms with Crippen molar-refractivity contribution < 1.29 is 19.8 Å². The van der Waals surface area contributed by atoms with Crippen LogP contribution in [0.3, 0.4) is 0 Å². The van der Waals surface area contributed by atoms with Crippen molar-refractivity contribution in [3.8, 4) is 0 Å². The van der Waals surface area contributed by atoms with Gasteiger partial charge in [0.25, 0.3) is 0 Å². The van der Waals surface area contributed by atoms with Crippen LogP contribution in [0.4, 0.5) is 0 Å². The molecular formula is C6H6O4. The molecule has 0 spiro atoms. The summed E-state index contributed by atoms with van der Waals surface area (Å²) in [6, 6.07) is 0. The molecule has 2 N–H and O–H groups in total. The van der Waals surface area contributed by atoms with Crippen LogP contribution in [0.1, 0.15) is 12.8 Å². The highest BCUT2D eigenvalue weighted by Crippen LogP contribution is 2.31. The van der Waals surface area contributed by atoms with Crippen LogP contribution < -0.4 is 0 Å². The summed E-state index contributed by atoms with van der Waals surface area (Å²) in [5.74, 6) is -2.67. The molecule has 0 saturated heterocycles. The highest BCUT2D eigenvalue weighted by atomic mass is 16.4. The summed E-state index contributed by atoms with van der Waals surface area (Å²) in [7, 11) is 0. The third kappa shape index (κ3) is 1.15. The van der Waals surface area contributed by atoms with Crippen LogP contribution in [-0.4, -0.2) is 22.2 Å². The minimum Gasteiger partial charge on any atom is -0.477 e. The molecule has 0 amide bonds. The van der Waals surface area contributed by atoms with Crippen molar-refractivity contribution in [2.24, 2.45) is 0 Å². The van der Waals surface area contributed by atoms with Gasteiger partial charge in [0.05, 0.1) is 0 Å². The summed E-state index contributed by atoms with van der Waals surface area (Å²) in [6.07, 6.45) is 1.24. The van der Waals surface area contributed by atoms with Gasteiger partial charge in [0.15, 0.2) is 0 Å². The highest BCUT2D eigenvalue weighted by Gasteiger charge is 2.27. The van der Waals surface area contributed by atoms with E-state index in [4.69, 9.17) is 10.2 Å². The first-order valence-electron chi connectivity index (χ1n) is 2.81. The molecule has 1 fully saturated rings. The van der Waals surface area contributed by atoms with Gasteiger partial charge in [-0.1, -0.05) is 0 Å². The smallest absolute Gasteiger partial charge is 0.343 e. The maximum atomic E-state index is 10.2. The van der Waals surface area contributed by atoms with E-state index < -0.39 is 17.5 Å². The first kappa shape index (κ1) is 6.80. The Morgan fingerprint density at radius 3 is 1.60 bits per heavy atom. The molecule has 0 aromatic carbocycles. The lowest BCUT2D eigenvalue weighted by Gasteiger charge is -1.90. The van der Waals surface area contributed by atoms with Gasteiger partial charge in [-0.3, -0.25) is 0 Å². The molecular weight excluding hydrogens is 136 g/mol. The number of carboxylic acids is 2. The molecule has 0 aliphatic heterocycles. The SMILES string of the molecule is O=C(O)C(C(=O)O)=C1CC1. The summed E-state index contributed by atoms with van der Waals surface area (Å²) < 4.78 is 0. The second kappa shape index (κ2) is 2.13. The molecule has 1 aliphatic carbocycles. The van der Waals surface area contributed by atoms with E-state index in [0.717, 1.165) is 0 Å². The summed E-state index contributed by atoms with van der Waals surface area (Å²) in [4.78, 5) is 20.4. The van der Waals surface area contributed by atoms with Gasteiger partial charge in [-0.05, 0) is 18.4 Å². The van der Waals surface area contributed by atoms with Crippen LogP contribution >= 0.6 is 0 Å². The predicted molar refractivity (Wildman–Crippen MR) is 31.5 cm³/mol. The Bertz CT molecular complexity index is 204. The Kier molecular flexibility index (Phi) is 1.45. The van der Waals surface area contributed by atoms with Crippen molar-refractivity contribution in [2.75, 3.05) is 0 Å². The fourth-order valence-electron chi connectivity index (χ4n) is 0.706. The number of hydrogen-bond donors (Lipinski definition) is 2. The van der Waals surface area contributed by atoms with Gasteiger partial charge in [-0.25, -0.2) is 9.59 Å². The maximum absolute atomic E-state index is 10.2. The van der Waals surface area contributed by atoms with Crippen molar-refractivity contribution in [3.63, 3.8) is 0 Å². The monoisotopic (exact) mass is 142 g/mol. The van der Waals surface area contributed by atoms with Gasteiger partial charge in [0, 0.05) is 0 Å². The van der Waals surface area contributed by atoms with E-state index >= 15 is 0 Å². The normalized spacial score (nSPS) is 14.6. The molecule has 0 unspecified atom stereocenters. The minimum absolute atomic E-state index is 0.444. The van der Waals surface area contributed by atoms with E-state index in [1.807, 2.05) is 0 Å². The van der Waals surface area contributed by atoms with Crippen LogP contribution in [-0.2, 0) is 9.59 Å². The Morgan fingerprint density at radius 2 is 1.50 bits per heavy atom. The first-order chi connectivity index (χ1) is 4.63. The summed E-state index contributed by atoms with van der Waals surface area (Å²) in [5.41, 5.74) is 0.0972. The standard InChI is InChI=1S/C6H6O4/c7-5(8)4(6(9)10)3-1-2-3/h1-2H2,(H,7,8)(H,9,10). The Labute approximate surface area is 56.8 Å². The highest BCUT2D eigenvalue weighted by molar-refractivity contribution is 6.13. The van der Waals surface area contributed by atoms with Gasteiger partial charge in [0.2, 0.25) is 0 Å². The number of carbonyl (C=O) groups is 2. The minimum atomic E-state index is -1.33. The van der Waals surface area contributed by atoms with Gasteiger partial charge in [-0.2, -0.15) is 0 Å². The van der Waals surface area contributed by atoms with E-state index in [0.29, 0.717) is 18.4 Å². The molecule has 10 heavy (non-hydrogen) atoms. The second-order valence-corrected chi connectivity index (χ2v) is 2.09. The second-order valence-electron chi connectivity index (χ2n) is 2.09. The number of carboxylic acid groups (broad SMARTS) is 2. The van der Waals surface area contributed by atoms with E-state index in [9.17, 15) is 9.59 Å². The molecule has 0 aromatic heterocycles. The number of aliphatic carboxylic acids is 2. The maximum Gasteiger partial charge on any atom is 0.343 e. The van der Waals surface area contributed by atoms with Crippen LogP contribution in [0.5, 0.6) is 0 Å². The zero-order valence-corrected chi connectivity index (χ0v) is 5.13. The van der Waals surface area contributed by atoms with Crippen LogP contribution in [0.2, 0.25) is 0 Å². The van der Waals surface area contributed by atoms with E-state index in [1.54, 1.807) is 0 Å². The average Bonchev–Trinajstić information content (AvgIpc) is 2.46. The molecule has 1 saturated carbocycles. The van der Waals surface area contributed by atoms with Gasteiger partial charge < -0.3 is 10.2 Å². The van der Waals surface area contributed by atoms with E-state index in [1.165, 1.54) is 0 Å². The van der Waals surface area contributed by atoms with E-state index in [2.05, 4.69) is 0 Å². The van der Waals surface area contributed by atoms with Crippen LogP contribution in [0.15, 0.2) is 11.1 Å². The van der Waals surface area contributed by atoms with Crippen molar-refractivity contribution in [1.82, 2.24) is 0 Å². The lowest BCUT2D eigenvalue weighted by molar-refractivity contribution is -0.140. The molecule has 0 atom stereocenters. The number of rotatable bonds is 2. The van der Waals surface area contributed by atoms with Gasteiger partial charge in [-0.15, -0.1) is 0 Å². The summed E-state index contributed by atoms with van der Waals surface area (Å²) >= 11 is 0. The molecule has 4 heteroatoms. The molecule has 0 radical (unpaired) electrons. The third-order valence-corrected chi connectivity index (χ3v) is 1.28. The van der Waals surface area contributed by atoms with Crippen LogP contribution in [0.25, 0.3) is 0 Å². The molecule has 54 valence electrons. The Hall–Kier alpha value is -1.32. The third-order valence-electron chi connectivity index (χ3n) is 1.28. The Morgan fingerprint density at radius 1 is 1.10 bits per heavy atom. The fourth-order valence-corrected chi connectivity index (χ4v) is 0.706. The number of hydrogen-bond acceptors (Lipinski definition) is 2. The van der Waals surface area contributed by atoms with Gasteiger partial charge in [0.1, 0.15) is 5.57 Å². The zero-order valence-electron chi connectivity index (χ0n) is 5.13. The first-order valence-corrected chi connectivity index (χ1v) is 2.81. The topological polar surface area (TPSA) is 74.6 Å². The molecule has 0 bridgehead atoms.